The number of hydrogen-bond donors (Lipinski definition) is 0. The van der Waals surface area contributed by atoms with Crippen LogP contribution in [0.15, 0.2) is 29.0 Å². The van der Waals surface area contributed by atoms with Gasteiger partial charge in [-0.05, 0) is 12.1 Å². The number of aryl methyl sites for hydroxylation is 1. The molecule has 0 fully saturated rings. The van der Waals surface area contributed by atoms with Gasteiger partial charge in [-0.3, -0.25) is 9.58 Å². The zero-order valence-corrected chi connectivity index (χ0v) is 11.4. The van der Waals surface area contributed by atoms with Gasteiger partial charge in [0, 0.05) is 44.9 Å². The van der Waals surface area contributed by atoms with Crippen molar-refractivity contribution >= 4 is 0 Å². The van der Waals surface area contributed by atoms with Gasteiger partial charge in [-0.15, -0.1) is 0 Å². The average molecular weight is 261 g/mol. The highest BCUT2D eigenvalue weighted by Crippen LogP contribution is 2.28. The molecule has 0 aliphatic carbocycles. The van der Waals surface area contributed by atoms with E-state index in [1.807, 2.05) is 23.9 Å². The van der Waals surface area contributed by atoms with Gasteiger partial charge < -0.3 is 9.15 Å². The van der Waals surface area contributed by atoms with E-state index in [4.69, 9.17) is 9.15 Å². The molecule has 1 aliphatic heterocycles. The van der Waals surface area contributed by atoms with Crippen LogP contribution in [0.2, 0.25) is 0 Å². The summed E-state index contributed by atoms with van der Waals surface area (Å²) >= 11 is 0. The highest BCUT2D eigenvalue weighted by Gasteiger charge is 2.28. The van der Waals surface area contributed by atoms with Crippen LogP contribution in [0.1, 0.15) is 22.9 Å². The first-order valence-electron chi connectivity index (χ1n) is 6.52. The number of hydrogen-bond acceptors (Lipinski definition) is 4. The normalized spacial score (nSPS) is 19.6. The molecule has 0 saturated carbocycles. The number of rotatable bonds is 4. The van der Waals surface area contributed by atoms with Gasteiger partial charge in [0.2, 0.25) is 0 Å². The molecule has 3 rings (SSSR count). The quantitative estimate of drug-likeness (QED) is 0.841. The predicted octanol–water partition coefficient (Wildman–Crippen LogP) is 1.76. The lowest BCUT2D eigenvalue weighted by atomic mass is 9.97. The van der Waals surface area contributed by atoms with Crippen molar-refractivity contribution in [2.45, 2.75) is 19.0 Å². The van der Waals surface area contributed by atoms with Crippen molar-refractivity contribution < 1.29 is 9.15 Å². The summed E-state index contributed by atoms with van der Waals surface area (Å²) in [5, 5.41) is 4.57. The predicted molar refractivity (Wildman–Crippen MR) is 70.6 cm³/mol. The highest BCUT2D eigenvalue weighted by atomic mass is 16.5. The van der Waals surface area contributed by atoms with Gasteiger partial charge in [0.05, 0.1) is 25.1 Å². The van der Waals surface area contributed by atoms with Crippen LogP contribution in [0.5, 0.6) is 0 Å². The van der Waals surface area contributed by atoms with Crippen molar-refractivity contribution in [3.05, 3.63) is 41.6 Å². The van der Waals surface area contributed by atoms with Crippen LogP contribution in [0.25, 0.3) is 0 Å². The van der Waals surface area contributed by atoms with E-state index < -0.39 is 0 Å². The second kappa shape index (κ2) is 5.19. The number of nitrogens with zero attached hydrogens (tertiary/aromatic N) is 3. The second-order valence-corrected chi connectivity index (χ2v) is 5.11. The molecule has 3 heterocycles. The Balaban J connectivity index is 1.79. The number of methoxy groups -OCH3 is 1. The molecule has 5 nitrogen and oxygen atoms in total. The molecule has 0 spiro atoms. The fourth-order valence-electron chi connectivity index (χ4n) is 2.80. The molecule has 0 radical (unpaired) electrons. The summed E-state index contributed by atoms with van der Waals surface area (Å²) in [5.74, 6) is 1.34. The first kappa shape index (κ1) is 12.4. The molecule has 1 atom stereocenters. The van der Waals surface area contributed by atoms with Crippen LogP contribution < -0.4 is 0 Å². The summed E-state index contributed by atoms with van der Waals surface area (Å²) in [6, 6.07) is 3.95. The Morgan fingerprint density at radius 1 is 1.53 bits per heavy atom. The Kier molecular flexibility index (Phi) is 3.40. The van der Waals surface area contributed by atoms with Gasteiger partial charge in [-0.25, -0.2) is 0 Å². The number of ether oxygens (including phenoxy) is 1. The van der Waals surface area contributed by atoms with Gasteiger partial charge in [0.1, 0.15) is 5.76 Å². The van der Waals surface area contributed by atoms with Crippen molar-refractivity contribution in [3.8, 4) is 0 Å². The largest absolute Gasteiger partial charge is 0.468 e. The van der Waals surface area contributed by atoms with Gasteiger partial charge >= 0.3 is 0 Å². The molecule has 0 saturated heterocycles. The topological polar surface area (TPSA) is 43.4 Å². The van der Waals surface area contributed by atoms with Gasteiger partial charge in [0.25, 0.3) is 0 Å². The Labute approximate surface area is 112 Å². The van der Waals surface area contributed by atoms with E-state index in [0.717, 1.165) is 25.4 Å². The minimum Gasteiger partial charge on any atom is -0.468 e. The maximum absolute atomic E-state index is 5.43. The van der Waals surface area contributed by atoms with E-state index in [-0.39, 0.29) is 0 Å². The Bertz CT molecular complexity index is 533. The minimum absolute atomic E-state index is 0.338. The third kappa shape index (κ3) is 2.57. The third-order valence-corrected chi connectivity index (χ3v) is 3.52. The monoisotopic (exact) mass is 261 g/mol. The van der Waals surface area contributed by atoms with E-state index in [9.17, 15) is 0 Å². The van der Waals surface area contributed by atoms with Crippen LogP contribution in [-0.2, 0) is 24.9 Å². The molecule has 0 N–H and O–H groups in total. The fourth-order valence-corrected chi connectivity index (χ4v) is 2.80. The maximum atomic E-state index is 5.43. The minimum atomic E-state index is 0.338. The first-order chi connectivity index (χ1) is 9.26. The zero-order valence-electron chi connectivity index (χ0n) is 11.4. The molecule has 2 aromatic heterocycles. The summed E-state index contributed by atoms with van der Waals surface area (Å²) in [7, 11) is 3.72. The summed E-state index contributed by atoms with van der Waals surface area (Å²) < 4.78 is 12.7. The first-order valence-corrected chi connectivity index (χ1v) is 6.52. The molecular weight excluding hydrogens is 242 g/mol. The van der Waals surface area contributed by atoms with Crippen LogP contribution in [0, 0.1) is 0 Å². The third-order valence-electron chi connectivity index (χ3n) is 3.52. The molecule has 0 amide bonds. The molecule has 0 unspecified atom stereocenters. The summed E-state index contributed by atoms with van der Waals surface area (Å²) in [6.07, 6.45) is 3.83. The summed E-state index contributed by atoms with van der Waals surface area (Å²) in [4.78, 5) is 2.38. The highest BCUT2D eigenvalue weighted by molar-refractivity contribution is 5.24. The van der Waals surface area contributed by atoms with E-state index in [0.29, 0.717) is 12.5 Å². The molecule has 2 aromatic rings. The van der Waals surface area contributed by atoms with Crippen LogP contribution in [0.3, 0.4) is 0 Å². The summed E-state index contributed by atoms with van der Waals surface area (Å²) in [6.45, 7) is 3.42. The standard InChI is InChI=1S/C14H19N3O2/c1-16-6-11-7-17(9-13-4-3-5-19-13)8-12(10-18-2)14(11)15-16/h3-6,12H,7-10H2,1-2H3/t12-/m0/s1. The van der Waals surface area contributed by atoms with Gasteiger partial charge in [0.15, 0.2) is 0 Å². The number of fused-ring (bicyclic) bond motifs is 1. The van der Waals surface area contributed by atoms with Crippen LogP contribution in [-0.4, -0.2) is 34.9 Å². The molecule has 5 heteroatoms. The number of furan rings is 1. The number of aromatic nitrogens is 2. The molecular formula is C14H19N3O2. The second-order valence-electron chi connectivity index (χ2n) is 5.11. The lowest BCUT2D eigenvalue weighted by Gasteiger charge is -2.30. The van der Waals surface area contributed by atoms with Crippen molar-refractivity contribution in [2.24, 2.45) is 7.05 Å². The lowest BCUT2D eigenvalue weighted by Crippen LogP contribution is -2.34. The van der Waals surface area contributed by atoms with Crippen molar-refractivity contribution in [2.75, 3.05) is 20.3 Å². The summed E-state index contributed by atoms with van der Waals surface area (Å²) in [5.41, 5.74) is 2.47. The van der Waals surface area contributed by atoms with Crippen LogP contribution in [0.4, 0.5) is 0 Å². The molecule has 102 valence electrons. The van der Waals surface area contributed by atoms with Crippen LogP contribution >= 0.6 is 0 Å². The van der Waals surface area contributed by atoms with Gasteiger partial charge in [-0.2, -0.15) is 5.10 Å². The van der Waals surface area contributed by atoms with E-state index in [2.05, 4.69) is 16.2 Å². The molecule has 0 aromatic carbocycles. The van der Waals surface area contributed by atoms with E-state index >= 15 is 0 Å². The molecule has 19 heavy (non-hydrogen) atoms. The zero-order chi connectivity index (χ0) is 13.2. The Morgan fingerprint density at radius 3 is 3.16 bits per heavy atom. The average Bonchev–Trinajstić information content (AvgIpc) is 2.98. The SMILES string of the molecule is COC[C@@H]1CN(Cc2ccco2)Cc2cn(C)nc21. The maximum Gasteiger partial charge on any atom is 0.117 e. The Hall–Kier alpha value is -1.59. The van der Waals surface area contributed by atoms with Crippen molar-refractivity contribution in [1.29, 1.82) is 0 Å². The fraction of sp³-hybridized carbons (Fsp3) is 0.500. The van der Waals surface area contributed by atoms with Crippen molar-refractivity contribution in [3.63, 3.8) is 0 Å². The molecule has 1 aliphatic rings. The lowest BCUT2D eigenvalue weighted by molar-refractivity contribution is 0.130. The van der Waals surface area contributed by atoms with Crippen molar-refractivity contribution in [1.82, 2.24) is 14.7 Å². The smallest absolute Gasteiger partial charge is 0.117 e. The molecule has 0 bridgehead atoms. The Morgan fingerprint density at radius 2 is 2.42 bits per heavy atom. The van der Waals surface area contributed by atoms with E-state index in [1.54, 1.807) is 13.4 Å². The van der Waals surface area contributed by atoms with Gasteiger partial charge in [-0.1, -0.05) is 0 Å². The van der Waals surface area contributed by atoms with E-state index in [1.165, 1.54) is 11.3 Å².